The van der Waals surface area contributed by atoms with Crippen LogP contribution in [0.3, 0.4) is 0 Å². The molecule has 1 fully saturated rings. The van der Waals surface area contributed by atoms with Gasteiger partial charge >= 0.3 is 0 Å². The minimum Gasteiger partial charge on any atom is -0.369 e. The molecule has 17 heavy (non-hydrogen) atoms. The SMILES string of the molecule is CCCc1[nH]c(C2CSCCO2)nc(=S)c1Br. The molecule has 1 atom stereocenters. The van der Waals surface area contributed by atoms with Crippen molar-refractivity contribution in [1.82, 2.24) is 9.97 Å². The highest BCUT2D eigenvalue weighted by Crippen LogP contribution is 2.26. The number of ether oxygens (including phenoxy) is 1. The molecule has 0 aliphatic carbocycles. The van der Waals surface area contributed by atoms with E-state index in [1.807, 2.05) is 11.8 Å². The van der Waals surface area contributed by atoms with Crippen molar-refractivity contribution in [1.29, 1.82) is 0 Å². The van der Waals surface area contributed by atoms with E-state index in [9.17, 15) is 0 Å². The summed E-state index contributed by atoms with van der Waals surface area (Å²) in [6.07, 6.45) is 2.10. The van der Waals surface area contributed by atoms with E-state index in [2.05, 4.69) is 32.8 Å². The maximum absolute atomic E-state index is 5.72. The number of aromatic nitrogens is 2. The number of nitrogens with one attached hydrogen (secondary N) is 1. The molecule has 2 rings (SSSR count). The Bertz CT molecular complexity index is 444. The first-order valence-corrected chi connectivity index (χ1v) is 8.06. The van der Waals surface area contributed by atoms with E-state index in [0.717, 1.165) is 46.9 Å². The summed E-state index contributed by atoms with van der Waals surface area (Å²) >= 11 is 10.7. The van der Waals surface area contributed by atoms with Crippen LogP contribution >= 0.6 is 39.9 Å². The van der Waals surface area contributed by atoms with Crippen molar-refractivity contribution in [3.05, 3.63) is 20.6 Å². The lowest BCUT2D eigenvalue weighted by atomic mass is 10.2. The molecule has 1 aliphatic heterocycles. The molecule has 1 aromatic rings. The van der Waals surface area contributed by atoms with Gasteiger partial charge in [0.2, 0.25) is 0 Å². The van der Waals surface area contributed by atoms with Crippen molar-refractivity contribution >= 4 is 39.9 Å². The number of halogens is 1. The van der Waals surface area contributed by atoms with E-state index in [4.69, 9.17) is 17.0 Å². The second kappa shape index (κ2) is 6.31. The molecule has 0 radical (unpaired) electrons. The molecule has 0 bridgehead atoms. The number of hydrogen-bond donors (Lipinski definition) is 1. The lowest BCUT2D eigenvalue weighted by Crippen LogP contribution is -2.19. The maximum atomic E-state index is 5.72. The summed E-state index contributed by atoms with van der Waals surface area (Å²) in [5.74, 6) is 2.88. The summed E-state index contributed by atoms with van der Waals surface area (Å²) in [4.78, 5) is 7.77. The van der Waals surface area contributed by atoms with Crippen LogP contribution in [-0.4, -0.2) is 28.1 Å². The number of nitrogens with zero attached hydrogens (tertiary/aromatic N) is 1. The first kappa shape index (κ1) is 13.5. The minimum atomic E-state index is 0.0548. The molecule has 1 unspecified atom stereocenters. The Morgan fingerprint density at radius 2 is 2.47 bits per heavy atom. The lowest BCUT2D eigenvalue weighted by molar-refractivity contribution is 0.0691. The fraction of sp³-hybridized carbons (Fsp3) is 0.636. The van der Waals surface area contributed by atoms with E-state index in [1.165, 1.54) is 0 Å². The molecule has 0 amide bonds. The van der Waals surface area contributed by atoms with Gasteiger partial charge in [0, 0.05) is 17.2 Å². The second-order valence-corrected chi connectivity index (χ2v) is 6.23. The predicted octanol–water partition coefficient (Wildman–Crippen LogP) is 3.66. The fourth-order valence-electron chi connectivity index (χ4n) is 1.75. The van der Waals surface area contributed by atoms with Gasteiger partial charge in [0.05, 0.1) is 11.1 Å². The van der Waals surface area contributed by atoms with Crippen molar-refractivity contribution < 1.29 is 4.74 Å². The Hall–Kier alpha value is 0.0900. The Morgan fingerprint density at radius 3 is 3.12 bits per heavy atom. The van der Waals surface area contributed by atoms with E-state index < -0.39 is 0 Å². The number of hydrogen-bond acceptors (Lipinski definition) is 4. The van der Waals surface area contributed by atoms with Crippen LogP contribution in [0.25, 0.3) is 0 Å². The van der Waals surface area contributed by atoms with Crippen LogP contribution in [0.1, 0.15) is 31.0 Å². The van der Waals surface area contributed by atoms with Crippen LogP contribution in [0.5, 0.6) is 0 Å². The number of thioether (sulfide) groups is 1. The quantitative estimate of drug-likeness (QED) is 0.856. The molecule has 6 heteroatoms. The monoisotopic (exact) mass is 334 g/mol. The maximum Gasteiger partial charge on any atom is 0.144 e. The fourth-order valence-corrected chi connectivity index (χ4v) is 3.20. The zero-order valence-electron chi connectivity index (χ0n) is 9.66. The molecule has 1 N–H and O–H groups in total. The summed E-state index contributed by atoms with van der Waals surface area (Å²) in [6.45, 7) is 2.94. The van der Waals surface area contributed by atoms with Gasteiger partial charge < -0.3 is 9.72 Å². The molecular weight excluding hydrogens is 320 g/mol. The van der Waals surface area contributed by atoms with E-state index >= 15 is 0 Å². The minimum absolute atomic E-state index is 0.0548. The number of H-pyrrole nitrogens is 1. The van der Waals surface area contributed by atoms with Crippen molar-refractivity contribution in [2.45, 2.75) is 25.9 Å². The van der Waals surface area contributed by atoms with Crippen LogP contribution in [0.4, 0.5) is 0 Å². The van der Waals surface area contributed by atoms with Crippen molar-refractivity contribution in [2.24, 2.45) is 0 Å². The molecule has 94 valence electrons. The molecule has 1 saturated heterocycles. The predicted molar refractivity (Wildman–Crippen MR) is 77.1 cm³/mol. The van der Waals surface area contributed by atoms with E-state index in [-0.39, 0.29) is 6.10 Å². The Kier molecular flexibility index (Phi) is 5.02. The van der Waals surface area contributed by atoms with Gasteiger partial charge in [0.15, 0.2) is 0 Å². The standard InChI is InChI=1S/C11H15BrN2OS2/c1-2-3-7-9(12)11(16)14-10(13-7)8-6-17-5-4-15-8/h8H,2-6H2,1H3,(H,13,14,16). The molecule has 2 heterocycles. The van der Waals surface area contributed by atoms with Crippen LogP contribution in [0, 0.1) is 4.64 Å². The van der Waals surface area contributed by atoms with Crippen LogP contribution < -0.4 is 0 Å². The molecule has 1 aromatic heterocycles. The molecule has 0 saturated carbocycles. The molecule has 1 aliphatic rings. The normalized spacial score (nSPS) is 20.5. The zero-order valence-corrected chi connectivity index (χ0v) is 12.9. The average Bonchev–Trinajstić information content (AvgIpc) is 2.36. The van der Waals surface area contributed by atoms with Gasteiger partial charge in [0.1, 0.15) is 16.6 Å². The summed E-state index contributed by atoms with van der Waals surface area (Å²) < 4.78 is 7.26. The number of aryl methyl sites for hydroxylation is 1. The van der Waals surface area contributed by atoms with Gasteiger partial charge in [0.25, 0.3) is 0 Å². The zero-order chi connectivity index (χ0) is 12.3. The van der Waals surface area contributed by atoms with Crippen LogP contribution in [0.15, 0.2) is 4.47 Å². The van der Waals surface area contributed by atoms with Crippen LogP contribution in [-0.2, 0) is 11.2 Å². The highest BCUT2D eigenvalue weighted by molar-refractivity contribution is 9.10. The first-order valence-electron chi connectivity index (χ1n) is 5.70. The van der Waals surface area contributed by atoms with E-state index in [1.54, 1.807) is 0 Å². The topological polar surface area (TPSA) is 37.9 Å². The lowest BCUT2D eigenvalue weighted by Gasteiger charge is -2.22. The highest BCUT2D eigenvalue weighted by atomic mass is 79.9. The van der Waals surface area contributed by atoms with Gasteiger partial charge in [-0.15, -0.1) is 0 Å². The summed E-state index contributed by atoms with van der Waals surface area (Å²) in [5, 5.41) is 0. The Morgan fingerprint density at radius 1 is 1.65 bits per heavy atom. The molecule has 0 aromatic carbocycles. The Balaban J connectivity index is 2.30. The summed E-state index contributed by atoms with van der Waals surface area (Å²) in [5.41, 5.74) is 1.13. The summed E-state index contributed by atoms with van der Waals surface area (Å²) in [7, 11) is 0. The van der Waals surface area contributed by atoms with Gasteiger partial charge in [-0.3, -0.25) is 0 Å². The smallest absolute Gasteiger partial charge is 0.144 e. The van der Waals surface area contributed by atoms with E-state index in [0.29, 0.717) is 4.64 Å². The Labute approximate surface area is 119 Å². The van der Waals surface area contributed by atoms with Crippen molar-refractivity contribution in [2.75, 3.05) is 18.1 Å². The van der Waals surface area contributed by atoms with Gasteiger partial charge in [-0.05, 0) is 22.4 Å². The third kappa shape index (κ3) is 3.30. The second-order valence-electron chi connectivity index (χ2n) is 3.90. The summed E-state index contributed by atoms with van der Waals surface area (Å²) in [6, 6.07) is 0. The molecular formula is C11H15BrN2OS2. The number of aromatic amines is 1. The number of rotatable bonds is 3. The third-order valence-electron chi connectivity index (χ3n) is 2.57. The highest BCUT2D eigenvalue weighted by Gasteiger charge is 2.19. The van der Waals surface area contributed by atoms with Gasteiger partial charge in [-0.25, -0.2) is 4.98 Å². The largest absolute Gasteiger partial charge is 0.369 e. The van der Waals surface area contributed by atoms with Crippen molar-refractivity contribution in [3.8, 4) is 0 Å². The van der Waals surface area contributed by atoms with Gasteiger partial charge in [-0.1, -0.05) is 25.6 Å². The van der Waals surface area contributed by atoms with Crippen molar-refractivity contribution in [3.63, 3.8) is 0 Å². The first-order chi connectivity index (χ1) is 8.22. The van der Waals surface area contributed by atoms with Gasteiger partial charge in [-0.2, -0.15) is 11.8 Å². The molecule has 0 spiro atoms. The third-order valence-corrected chi connectivity index (χ3v) is 4.98. The molecule has 3 nitrogen and oxygen atoms in total. The average molecular weight is 335 g/mol. The van der Waals surface area contributed by atoms with Crippen LogP contribution in [0.2, 0.25) is 0 Å².